The minimum atomic E-state index is -0.432. The van der Waals surface area contributed by atoms with Crippen molar-refractivity contribution in [2.75, 3.05) is 50.8 Å². The molecule has 28 heavy (non-hydrogen) atoms. The largest absolute Gasteiger partial charge is 0.389 e. The smallest absolute Gasteiger partial charge is 0.0900 e. The van der Waals surface area contributed by atoms with E-state index in [0.717, 1.165) is 42.8 Å². The Morgan fingerprint density at radius 3 is 2.64 bits per heavy atom. The summed E-state index contributed by atoms with van der Waals surface area (Å²) >= 11 is 6.31. The summed E-state index contributed by atoms with van der Waals surface area (Å²) in [5, 5.41) is 11.2. The molecule has 3 unspecified atom stereocenters. The summed E-state index contributed by atoms with van der Waals surface area (Å²) in [5.41, 5.74) is 3.00. The lowest BCUT2D eigenvalue weighted by Crippen LogP contribution is -2.49. The highest BCUT2D eigenvalue weighted by Crippen LogP contribution is 2.59. The number of piperazine rings is 1. The maximum absolute atomic E-state index is 10.4. The Bertz CT molecular complexity index is 712. The summed E-state index contributed by atoms with van der Waals surface area (Å²) in [6, 6.07) is 8.01. The van der Waals surface area contributed by atoms with Crippen LogP contribution in [0.3, 0.4) is 0 Å². The molecule has 2 bridgehead atoms. The van der Waals surface area contributed by atoms with Crippen LogP contribution in [0.2, 0.25) is 5.02 Å². The first-order chi connectivity index (χ1) is 13.4. The van der Waals surface area contributed by atoms with E-state index < -0.39 is 6.10 Å². The number of anilines is 1. The van der Waals surface area contributed by atoms with E-state index in [1.54, 1.807) is 0 Å². The van der Waals surface area contributed by atoms with Gasteiger partial charge in [-0.25, -0.2) is 0 Å². The molecule has 0 spiro atoms. The standard InChI is InChI=1S/C23H33ClN2O2/c1-23(2)18-8-7-17(20(23)13-18)15-28-16-19(27)14-25-9-11-26(12-10-25)22-6-4-3-5-21(22)24/h3-7,18-20,27H,8-16H2,1-2H3. The minimum absolute atomic E-state index is 0.415. The van der Waals surface area contributed by atoms with Crippen LogP contribution in [-0.2, 0) is 4.74 Å². The fourth-order valence-electron chi connectivity index (χ4n) is 5.18. The Labute approximate surface area is 174 Å². The molecule has 3 aliphatic carbocycles. The molecule has 1 aromatic rings. The second kappa shape index (κ2) is 8.35. The molecule has 3 atom stereocenters. The highest BCUT2D eigenvalue weighted by atomic mass is 35.5. The van der Waals surface area contributed by atoms with Crippen molar-refractivity contribution in [1.29, 1.82) is 0 Å². The van der Waals surface area contributed by atoms with Gasteiger partial charge in [-0.1, -0.05) is 43.7 Å². The molecule has 154 valence electrons. The number of allylic oxidation sites excluding steroid dienone is 1. The van der Waals surface area contributed by atoms with E-state index in [1.165, 1.54) is 18.4 Å². The molecule has 1 aliphatic heterocycles. The van der Waals surface area contributed by atoms with Gasteiger partial charge in [0.1, 0.15) is 0 Å². The Hall–Kier alpha value is -1.07. The van der Waals surface area contributed by atoms with Crippen molar-refractivity contribution in [2.45, 2.75) is 32.8 Å². The van der Waals surface area contributed by atoms with E-state index in [1.807, 2.05) is 18.2 Å². The maximum atomic E-state index is 10.4. The van der Waals surface area contributed by atoms with Gasteiger partial charge in [0.25, 0.3) is 0 Å². The van der Waals surface area contributed by atoms with Gasteiger partial charge < -0.3 is 14.7 Å². The normalized spacial score (nSPS) is 27.9. The second-order valence-electron chi connectivity index (χ2n) is 9.23. The average molecular weight is 405 g/mol. The number of ether oxygens (including phenoxy) is 1. The van der Waals surface area contributed by atoms with Gasteiger partial charge in [-0.3, -0.25) is 4.90 Å². The lowest BCUT2D eigenvalue weighted by Gasteiger charge is -2.56. The van der Waals surface area contributed by atoms with Crippen LogP contribution in [0.5, 0.6) is 0 Å². The van der Waals surface area contributed by atoms with Crippen molar-refractivity contribution in [1.82, 2.24) is 4.90 Å². The Morgan fingerprint density at radius 1 is 1.21 bits per heavy atom. The molecule has 1 saturated heterocycles. The fraction of sp³-hybridized carbons (Fsp3) is 0.652. The first kappa shape index (κ1) is 20.2. The summed E-state index contributed by atoms with van der Waals surface area (Å²) in [5.74, 6) is 1.54. The summed E-state index contributed by atoms with van der Waals surface area (Å²) in [6.45, 7) is 10.3. The molecule has 1 heterocycles. The predicted molar refractivity (Wildman–Crippen MR) is 115 cm³/mol. The van der Waals surface area contributed by atoms with Crippen molar-refractivity contribution >= 4 is 17.3 Å². The minimum Gasteiger partial charge on any atom is -0.389 e. The van der Waals surface area contributed by atoms with Crippen molar-refractivity contribution in [3.8, 4) is 0 Å². The number of hydrogen-bond donors (Lipinski definition) is 1. The lowest BCUT2D eigenvalue weighted by atomic mass is 9.49. The molecular formula is C23H33ClN2O2. The molecule has 4 aliphatic rings. The first-order valence-corrected chi connectivity index (χ1v) is 11.0. The highest BCUT2D eigenvalue weighted by Gasteiger charge is 2.50. The molecular weight excluding hydrogens is 372 g/mol. The van der Waals surface area contributed by atoms with Crippen molar-refractivity contribution in [3.63, 3.8) is 0 Å². The van der Waals surface area contributed by atoms with Crippen LogP contribution in [0.4, 0.5) is 5.69 Å². The molecule has 1 N–H and O–H groups in total. The zero-order chi connectivity index (χ0) is 19.7. The van der Waals surface area contributed by atoms with Gasteiger partial charge in [-0.2, -0.15) is 0 Å². The van der Waals surface area contributed by atoms with Gasteiger partial charge in [0.05, 0.1) is 30.0 Å². The van der Waals surface area contributed by atoms with Gasteiger partial charge in [0, 0.05) is 32.7 Å². The van der Waals surface area contributed by atoms with E-state index in [-0.39, 0.29) is 0 Å². The number of halogens is 1. The Morgan fingerprint density at radius 2 is 1.96 bits per heavy atom. The monoisotopic (exact) mass is 404 g/mol. The number of aliphatic hydroxyl groups excluding tert-OH is 1. The van der Waals surface area contributed by atoms with Crippen LogP contribution in [-0.4, -0.2) is 62.0 Å². The number of rotatable bonds is 7. The lowest BCUT2D eigenvalue weighted by molar-refractivity contribution is -0.0262. The SMILES string of the molecule is CC1(C)C2CC=C(COCC(O)CN3CCN(c4ccccc4Cl)CC3)C1C2. The predicted octanol–water partition coefficient (Wildman–Crippen LogP) is 3.83. The van der Waals surface area contributed by atoms with Gasteiger partial charge in [0.2, 0.25) is 0 Å². The number of nitrogens with zero attached hydrogens (tertiary/aromatic N) is 2. The molecule has 5 heteroatoms. The molecule has 5 rings (SSSR count). The molecule has 0 radical (unpaired) electrons. The topological polar surface area (TPSA) is 35.9 Å². The highest BCUT2D eigenvalue weighted by molar-refractivity contribution is 6.33. The summed E-state index contributed by atoms with van der Waals surface area (Å²) in [6.07, 6.45) is 4.46. The molecule has 4 nitrogen and oxygen atoms in total. The van der Waals surface area contributed by atoms with E-state index >= 15 is 0 Å². The quantitative estimate of drug-likeness (QED) is 0.700. The third-order valence-electron chi connectivity index (χ3n) is 7.20. The summed E-state index contributed by atoms with van der Waals surface area (Å²) in [7, 11) is 0. The maximum Gasteiger partial charge on any atom is 0.0900 e. The Balaban J connectivity index is 1.17. The number of benzene rings is 1. The molecule has 0 aromatic heterocycles. The van der Waals surface area contributed by atoms with Gasteiger partial charge >= 0.3 is 0 Å². The van der Waals surface area contributed by atoms with E-state index in [4.69, 9.17) is 16.3 Å². The zero-order valence-corrected chi connectivity index (χ0v) is 17.9. The van der Waals surface area contributed by atoms with Crippen LogP contribution in [0.15, 0.2) is 35.9 Å². The van der Waals surface area contributed by atoms with Crippen LogP contribution in [0, 0.1) is 17.3 Å². The number of fused-ring (bicyclic) bond motifs is 1. The number of para-hydroxylation sites is 1. The molecule has 2 fully saturated rings. The van der Waals surface area contributed by atoms with Crippen LogP contribution >= 0.6 is 11.6 Å². The van der Waals surface area contributed by atoms with Gasteiger partial charge in [-0.15, -0.1) is 0 Å². The average Bonchev–Trinajstić information content (AvgIpc) is 2.69. The van der Waals surface area contributed by atoms with Gasteiger partial charge in [-0.05, 0) is 47.8 Å². The van der Waals surface area contributed by atoms with Crippen LogP contribution < -0.4 is 4.90 Å². The number of hydrogen-bond acceptors (Lipinski definition) is 4. The second-order valence-corrected chi connectivity index (χ2v) is 9.64. The third kappa shape index (κ3) is 4.11. The van der Waals surface area contributed by atoms with Crippen LogP contribution in [0.25, 0.3) is 0 Å². The van der Waals surface area contributed by atoms with Crippen molar-refractivity contribution < 1.29 is 9.84 Å². The van der Waals surface area contributed by atoms with E-state index in [2.05, 4.69) is 35.8 Å². The van der Waals surface area contributed by atoms with Crippen LogP contribution in [0.1, 0.15) is 26.7 Å². The third-order valence-corrected chi connectivity index (χ3v) is 7.52. The number of aliphatic hydroxyl groups is 1. The fourth-order valence-corrected chi connectivity index (χ4v) is 5.44. The first-order valence-electron chi connectivity index (χ1n) is 10.6. The summed E-state index contributed by atoms with van der Waals surface area (Å²) < 4.78 is 5.90. The van der Waals surface area contributed by atoms with E-state index in [9.17, 15) is 5.11 Å². The zero-order valence-electron chi connectivity index (χ0n) is 17.1. The van der Waals surface area contributed by atoms with Gasteiger partial charge in [0.15, 0.2) is 0 Å². The number of β-amino-alcohol motifs (C(OH)–C–C–N with tert-alkyl or cyclic N) is 1. The summed E-state index contributed by atoms with van der Waals surface area (Å²) in [4.78, 5) is 4.64. The molecule has 0 amide bonds. The molecule has 1 aromatic carbocycles. The van der Waals surface area contributed by atoms with Crippen molar-refractivity contribution in [2.24, 2.45) is 17.3 Å². The Kier molecular flexibility index (Phi) is 6.03. The molecule has 1 saturated carbocycles. The van der Waals surface area contributed by atoms with Crippen molar-refractivity contribution in [3.05, 3.63) is 40.9 Å². The van der Waals surface area contributed by atoms with E-state index in [0.29, 0.717) is 31.1 Å².